The lowest BCUT2D eigenvalue weighted by molar-refractivity contribution is -0.152. The average Bonchev–Trinajstić information content (AvgIpc) is 3.02. The molecule has 2 heterocycles. The normalized spacial score (nSPS) is 23.5. The van der Waals surface area contributed by atoms with Crippen LogP contribution in [-0.2, 0) is 4.79 Å². The third-order valence-corrected chi connectivity index (χ3v) is 5.14. The number of amides is 1. The van der Waals surface area contributed by atoms with Gasteiger partial charge in [0.1, 0.15) is 5.60 Å². The molecule has 1 aromatic rings. The molecule has 1 saturated heterocycles. The van der Waals surface area contributed by atoms with Crippen LogP contribution in [-0.4, -0.2) is 57.6 Å². The summed E-state index contributed by atoms with van der Waals surface area (Å²) in [5, 5.41) is 10.5. The van der Waals surface area contributed by atoms with Crippen LogP contribution in [0, 0.1) is 0 Å². The van der Waals surface area contributed by atoms with E-state index in [0.29, 0.717) is 32.0 Å². The molecule has 3 rings (SSSR count). The highest BCUT2D eigenvalue weighted by atomic mass is 16.3. The molecule has 0 bridgehead atoms. The van der Waals surface area contributed by atoms with Crippen LogP contribution in [0.3, 0.4) is 0 Å². The maximum Gasteiger partial charge on any atom is 0.254 e. The topological polar surface area (TPSA) is 56.7 Å². The summed E-state index contributed by atoms with van der Waals surface area (Å²) in [5.74, 6) is -0.0568. The van der Waals surface area contributed by atoms with Gasteiger partial charge in [-0.2, -0.15) is 0 Å². The smallest absolute Gasteiger partial charge is 0.254 e. The van der Waals surface area contributed by atoms with Crippen LogP contribution in [0.15, 0.2) is 24.5 Å². The highest BCUT2D eigenvalue weighted by Crippen LogP contribution is 2.32. The number of hydrogen-bond acceptors (Lipinski definition) is 4. The van der Waals surface area contributed by atoms with Gasteiger partial charge in [-0.15, -0.1) is 0 Å². The molecule has 1 atom stereocenters. The maximum absolute atomic E-state index is 12.5. The van der Waals surface area contributed by atoms with Gasteiger partial charge >= 0.3 is 0 Å². The number of pyridine rings is 1. The Hall–Kier alpha value is -1.46. The van der Waals surface area contributed by atoms with Crippen molar-refractivity contribution < 1.29 is 9.90 Å². The Bertz CT molecular complexity index is 506. The van der Waals surface area contributed by atoms with Crippen molar-refractivity contribution in [1.29, 1.82) is 0 Å². The molecular weight excluding hydrogens is 278 g/mol. The van der Waals surface area contributed by atoms with Gasteiger partial charge in [-0.25, -0.2) is 0 Å². The molecule has 1 N–H and O–H groups in total. The van der Waals surface area contributed by atoms with Crippen LogP contribution in [0.2, 0.25) is 0 Å². The monoisotopic (exact) mass is 303 g/mol. The summed E-state index contributed by atoms with van der Waals surface area (Å²) in [5.41, 5.74) is 0.119. The molecule has 5 heteroatoms. The minimum absolute atomic E-state index is 0.0568. The van der Waals surface area contributed by atoms with E-state index < -0.39 is 5.60 Å². The second-order valence-electron chi connectivity index (χ2n) is 6.53. The molecule has 0 spiro atoms. The Morgan fingerprint density at radius 1 is 1.27 bits per heavy atom. The number of aliphatic hydroxyl groups is 1. The number of rotatable bonds is 3. The molecule has 22 heavy (non-hydrogen) atoms. The van der Waals surface area contributed by atoms with Gasteiger partial charge in [0.25, 0.3) is 5.91 Å². The molecule has 1 saturated carbocycles. The Morgan fingerprint density at radius 2 is 1.95 bits per heavy atom. The molecule has 120 valence electrons. The zero-order valence-corrected chi connectivity index (χ0v) is 13.2. The van der Waals surface area contributed by atoms with E-state index in [1.54, 1.807) is 6.20 Å². The van der Waals surface area contributed by atoms with Crippen LogP contribution in [0.5, 0.6) is 0 Å². The van der Waals surface area contributed by atoms with E-state index in [0.717, 1.165) is 25.9 Å². The number of aromatic nitrogens is 1. The summed E-state index contributed by atoms with van der Waals surface area (Å²) in [6.45, 7) is 5.27. The van der Waals surface area contributed by atoms with Crippen molar-refractivity contribution in [3.63, 3.8) is 0 Å². The number of hydrogen-bond donors (Lipinski definition) is 1. The molecule has 1 aliphatic carbocycles. The van der Waals surface area contributed by atoms with Crippen LogP contribution < -0.4 is 0 Å². The van der Waals surface area contributed by atoms with Crippen molar-refractivity contribution in [2.24, 2.45) is 0 Å². The first-order valence-electron chi connectivity index (χ1n) is 8.26. The quantitative estimate of drug-likeness (QED) is 0.921. The number of carbonyl (C=O) groups is 1. The van der Waals surface area contributed by atoms with Gasteiger partial charge in [-0.1, -0.05) is 6.07 Å². The third kappa shape index (κ3) is 3.01. The van der Waals surface area contributed by atoms with E-state index in [4.69, 9.17) is 0 Å². The summed E-state index contributed by atoms with van der Waals surface area (Å²) in [7, 11) is 0. The first kappa shape index (κ1) is 15.4. The van der Waals surface area contributed by atoms with Crippen LogP contribution in [0.4, 0.5) is 0 Å². The summed E-state index contributed by atoms with van der Waals surface area (Å²) in [6, 6.07) is 4.36. The van der Waals surface area contributed by atoms with Crippen molar-refractivity contribution >= 4 is 5.91 Å². The summed E-state index contributed by atoms with van der Waals surface area (Å²) in [4.78, 5) is 20.9. The lowest BCUT2D eigenvalue weighted by Gasteiger charge is -2.40. The van der Waals surface area contributed by atoms with Gasteiger partial charge in [0, 0.05) is 44.6 Å². The molecule has 2 fully saturated rings. The van der Waals surface area contributed by atoms with Gasteiger partial charge in [0.2, 0.25) is 0 Å². The summed E-state index contributed by atoms with van der Waals surface area (Å²) >= 11 is 0. The van der Waals surface area contributed by atoms with Crippen molar-refractivity contribution in [2.45, 2.75) is 44.2 Å². The molecule has 0 radical (unpaired) electrons. The lowest BCUT2D eigenvalue weighted by atomic mass is 10.00. The van der Waals surface area contributed by atoms with Gasteiger partial charge in [-0.3, -0.25) is 14.7 Å². The van der Waals surface area contributed by atoms with E-state index in [9.17, 15) is 9.90 Å². The van der Waals surface area contributed by atoms with Crippen LogP contribution >= 0.6 is 0 Å². The zero-order chi connectivity index (χ0) is 15.6. The third-order valence-electron chi connectivity index (χ3n) is 5.14. The van der Waals surface area contributed by atoms with Gasteiger partial charge in [0.05, 0.1) is 0 Å². The Kier molecular flexibility index (Phi) is 4.45. The van der Waals surface area contributed by atoms with E-state index in [1.807, 2.05) is 17.2 Å². The second kappa shape index (κ2) is 6.34. The van der Waals surface area contributed by atoms with E-state index in [2.05, 4.69) is 22.9 Å². The van der Waals surface area contributed by atoms with Crippen molar-refractivity contribution in [3.05, 3.63) is 30.1 Å². The molecule has 5 nitrogen and oxygen atoms in total. The standard InChI is InChI=1S/C17H25N3O2/c1-14(15-5-4-8-18-13-15)19-9-11-20(12-10-19)16(21)17(22)6-2-3-7-17/h4-5,8,13-14,22H,2-3,6-7,9-12H2,1H3. The van der Waals surface area contributed by atoms with Crippen molar-refractivity contribution in [1.82, 2.24) is 14.8 Å². The Balaban J connectivity index is 1.57. The first-order valence-corrected chi connectivity index (χ1v) is 8.26. The number of nitrogens with zero attached hydrogens (tertiary/aromatic N) is 3. The van der Waals surface area contributed by atoms with Gasteiger partial charge < -0.3 is 10.0 Å². The van der Waals surface area contributed by atoms with E-state index in [-0.39, 0.29) is 5.91 Å². The number of carbonyl (C=O) groups excluding carboxylic acids is 1. The highest BCUT2D eigenvalue weighted by Gasteiger charge is 2.42. The van der Waals surface area contributed by atoms with E-state index >= 15 is 0 Å². The Morgan fingerprint density at radius 3 is 2.55 bits per heavy atom. The van der Waals surface area contributed by atoms with Crippen LogP contribution in [0.25, 0.3) is 0 Å². The predicted molar refractivity (Wildman–Crippen MR) is 84.2 cm³/mol. The van der Waals surface area contributed by atoms with E-state index in [1.165, 1.54) is 5.56 Å². The minimum atomic E-state index is -1.09. The molecule has 1 aliphatic heterocycles. The maximum atomic E-state index is 12.5. The van der Waals surface area contributed by atoms with Crippen molar-refractivity contribution in [2.75, 3.05) is 26.2 Å². The lowest BCUT2D eigenvalue weighted by Crippen LogP contribution is -2.55. The molecule has 1 unspecified atom stereocenters. The second-order valence-corrected chi connectivity index (χ2v) is 6.53. The van der Waals surface area contributed by atoms with Gasteiger partial charge in [0.15, 0.2) is 0 Å². The summed E-state index contributed by atoms with van der Waals surface area (Å²) in [6.07, 6.45) is 6.86. The fourth-order valence-corrected chi connectivity index (χ4v) is 3.61. The molecule has 1 amide bonds. The average molecular weight is 303 g/mol. The van der Waals surface area contributed by atoms with Gasteiger partial charge in [-0.05, 0) is 44.2 Å². The van der Waals surface area contributed by atoms with Crippen molar-refractivity contribution in [3.8, 4) is 0 Å². The predicted octanol–water partition coefficient (Wildman–Crippen LogP) is 1.59. The largest absolute Gasteiger partial charge is 0.380 e. The summed E-state index contributed by atoms with van der Waals surface area (Å²) < 4.78 is 0. The molecule has 0 aromatic carbocycles. The molecule has 2 aliphatic rings. The van der Waals surface area contributed by atoms with Crippen LogP contribution in [0.1, 0.15) is 44.2 Å². The SMILES string of the molecule is CC(c1cccnc1)N1CCN(C(=O)C2(O)CCCC2)CC1. The fraction of sp³-hybridized carbons (Fsp3) is 0.647. The molecule has 1 aromatic heterocycles. The Labute approximate surface area is 131 Å². The minimum Gasteiger partial charge on any atom is -0.380 e. The first-order chi connectivity index (χ1) is 10.6. The zero-order valence-electron chi connectivity index (χ0n) is 13.2. The fourth-order valence-electron chi connectivity index (χ4n) is 3.61. The number of piperazine rings is 1. The molecular formula is C17H25N3O2. The highest BCUT2D eigenvalue weighted by molar-refractivity contribution is 5.85.